The molecule has 1 aromatic heterocycles. The zero-order valence-corrected chi connectivity index (χ0v) is 18.4. The minimum atomic E-state index is -3.55. The predicted octanol–water partition coefficient (Wildman–Crippen LogP) is 3.89. The summed E-state index contributed by atoms with van der Waals surface area (Å²) in [6.45, 7) is 8.10. The summed E-state index contributed by atoms with van der Waals surface area (Å²) in [6.07, 6.45) is 0. The molecule has 2 aromatic carbocycles. The number of benzene rings is 2. The van der Waals surface area contributed by atoms with Gasteiger partial charge in [0.15, 0.2) is 0 Å². The molecule has 1 heterocycles. The average Bonchev–Trinajstić information content (AvgIpc) is 2.65. The third-order valence-electron chi connectivity index (χ3n) is 5.41. The first kappa shape index (κ1) is 21.1. The van der Waals surface area contributed by atoms with Crippen LogP contribution < -0.4 is 10.9 Å². The SMILES string of the molecule is Cc1cc(S(=O)(=O)N(C)C)cc(NCc2cc(=O)oc3c(C)c(C)ccc23)c1C. The lowest BCUT2D eigenvalue weighted by atomic mass is 10.0. The van der Waals surface area contributed by atoms with Gasteiger partial charge >= 0.3 is 5.63 Å². The Hall–Kier alpha value is -2.64. The molecule has 154 valence electrons. The molecule has 0 unspecified atom stereocenters. The van der Waals surface area contributed by atoms with Gasteiger partial charge in [0.2, 0.25) is 10.0 Å². The summed E-state index contributed by atoms with van der Waals surface area (Å²) in [4.78, 5) is 12.3. The van der Waals surface area contributed by atoms with E-state index >= 15 is 0 Å². The lowest BCUT2D eigenvalue weighted by molar-refractivity contribution is 0.520. The Bertz CT molecular complexity index is 1260. The standard InChI is InChI=1S/C22H26N2O4S/c1-13-7-8-19-17(10-21(25)28-22(19)16(13)4)12-23-20-11-18(9-14(2)15(20)3)29(26,27)24(5)6/h7-11,23H,12H2,1-6H3. The third kappa shape index (κ3) is 3.93. The minimum absolute atomic E-state index is 0.233. The van der Waals surface area contributed by atoms with E-state index < -0.39 is 15.6 Å². The van der Waals surface area contributed by atoms with Gasteiger partial charge in [-0.05, 0) is 67.6 Å². The van der Waals surface area contributed by atoms with E-state index in [2.05, 4.69) is 5.32 Å². The molecule has 0 fully saturated rings. The number of hydrogen-bond acceptors (Lipinski definition) is 5. The number of nitrogens with zero attached hydrogens (tertiary/aromatic N) is 1. The van der Waals surface area contributed by atoms with E-state index in [1.807, 2.05) is 39.8 Å². The van der Waals surface area contributed by atoms with Gasteiger partial charge in [0.05, 0.1) is 4.90 Å². The maximum Gasteiger partial charge on any atom is 0.336 e. The molecule has 0 atom stereocenters. The first-order valence-electron chi connectivity index (χ1n) is 9.33. The van der Waals surface area contributed by atoms with E-state index in [0.29, 0.717) is 12.1 Å². The number of hydrogen-bond donors (Lipinski definition) is 1. The summed E-state index contributed by atoms with van der Waals surface area (Å²) < 4.78 is 31.7. The Labute approximate surface area is 171 Å². The summed E-state index contributed by atoms with van der Waals surface area (Å²) in [5.74, 6) is 0. The predicted molar refractivity (Wildman–Crippen MR) is 116 cm³/mol. The van der Waals surface area contributed by atoms with E-state index in [1.165, 1.54) is 24.5 Å². The van der Waals surface area contributed by atoms with Gasteiger partial charge in [-0.1, -0.05) is 12.1 Å². The molecule has 3 rings (SSSR count). The van der Waals surface area contributed by atoms with E-state index in [4.69, 9.17) is 4.42 Å². The zero-order valence-electron chi connectivity index (χ0n) is 17.6. The number of rotatable bonds is 5. The summed E-state index contributed by atoms with van der Waals surface area (Å²) in [6, 6.07) is 8.74. The Kier molecular flexibility index (Phi) is 5.56. The van der Waals surface area contributed by atoms with Crippen LogP contribution in [0.1, 0.15) is 27.8 Å². The average molecular weight is 415 g/mol. The van der Waals surface area contributed by atoms with Gasteiger partial charge in [0, 0.05) is 37.8 Å². The largest absolute Gasteiger partial charge is 0.422 e. The lowest BCUT2D eigenvalue weighted by Crippen LogP contribution is -2.22. The third-order valence-corrected chi connectivity index (χ3v) is 7.20. The second-order valence-electron chi connectivity index (χ2n) is 7.53. The van der Waals surface area contributed by atoms with Crippen LogP contribution in [0.5, 0.6) is 0 Å². The van der Waals surface area contributed by atoms with Gasteiger partial charge in [0.25, 0.3) is 0 Å². The van der Waals surface area contributed by atoms with Crippen LogP contribution in [0.25, 0.3) is 11.0 Å². The molecule has 1 N–H and O–H groups in total. The molecule has 0 radical (unpaired) electrons. The second-order valence-corrected chi connectivity index (χ2v) is 9.68. The highest BCUT2D eigenvalue weighted by molar-refractivity contribution is 7.89. The summed E-state index contributed by atoms with van der Waals surface area (Å²) in [5.41, 5.74) is 5.53. The fourth-order valence-electron chi connectivity index (χ4n) is 3.23. The smallest absolute Gasteiger partial charge is 0.336 e. The highest BCUT2D eigenvalue weighted by Gasteiger charge is 2.19. The van der Waals surface area contributed by atoms with Crippen LogP contribution in [0.4, 0.5) is 5.69 Å². The van der Waals surface area contributed by atoms with E-state index in [-0.39, 0.29) is 4.90 Å². The Morgan fingerprint density at radius 1 is 0.966 bits per heavy atom. The number of anilines is 1. The normalized spacial score (nSPS) is 12.0. The van der Waals surface area contributed by atoms with Crippen LogP contribution in [-0.4, -0.2) is 26.8 Å². The van der Waals surface area contributed by atoms with Crippen molar-refractivity contribution >= 4 is 26.7 Å². The topological polar surface area (TPSA) is 79.6 Å². The molecule has 0 amide bonds. The molecule has 0 aliphatic rings. The number of nitrogens with one attached hydrogen (secondary N) is 1. The van der Waals surface area contributed by atoms with Gasteiger partial charge in [-0.2, -0.15) is 0 Å². The molecular weight excluding hydrogens is 388 g/mol. The van der Waals surface area contributed by atoms with Crippen molar-refractivity contribution in [3.05, 3.63) is 68.6 Å². The van der Waals surface area contributed by atoms with Crippen molar-refractivity contribution in [3.8, 4) is 0 Å². The maximum absolute atomic E-state index is 12.6. The van der Waals surface area contributed by atoms with Crippen molar-refractivity contribution in [2.24, 2.45) is 0 Å². The molecule has 0 aliphatic heterocycles. The molecule has 0 bridgehead atoms. The van der Waals surface area contributed by atoms with E-state index in [9.17, 15) is 13.2 Å². The fraction of sp³-hybridized carbons (Fsp3) is 0.318. The van der Waals surface area contributed by atoms with Crippen molar-refractivity contribution in [1.82, 2.24) is 4.31 Å². The van der Waals surface area contributed by atoms with Crippen molar-refractivity contribution < 1.29 is 12.8 Å². The van der Waals surface area contributed by atoms with E-state index in [1.54, 1.807) is 12.1 Å². The molecule has 6 nitrogen and oxygen atoms in total. The summed E-state index contributed by atoms with van der Waals surface area (Å²) >= 11 is 0. The number of fused-ring (bicyclic) bond motifs is 1. The quantitative estimate of drug-likeness (QED) is 0.641. The molecule has 7 heteroatoms. The van der Waals surface area contributed by atoms with Crippen molar-refractivity contribution in [2.45, 2.75) is 39.1 Å². The Balaban J connectivity index is 2.04. The van der Waals surface area contributed by atoms with Gasteiger partial charge in [-0.15, -0.1) is 0 Å². The summed E-state index contributed by atoms with van der Waals surface area (Å²) in [7, 11) is -0.523. The Morgan fingerprint density at radius 2 is 1.66 bits per heavy atom. The van der Waals surface area contributed by atoms with Gasteiger partial charge in [-0.3, -0.25) is 0 Å². The molecule has 0 aliphatic carbocycles. The minimum Gasteiger partial charge on any atom is -0.422 e. The molecule has 0 spiro atoms. The molecule has 3 aromatic rings. The van der Waals surface area contributed by atoms with Crippen molar-refractivity contribution in [2.75, 3.05) is 19.4 Å². The van der Waals surface area contributed by atoms with Crippen molar-refractivity contribution in [3.63, 3.8) is 0 Å². The van der Waals surface area contributed by atoms with Crippen LogP contribution in [0.15, 0.2) is 44.4 Å². The maximum atomic E-state index is 12.6. The molecule has 0 saturated heterocycles. The summed E-state index contributed by atoms with van der Waals surface area (Å²) in [5, 5.41) is 4.18. The van der Waals surface area contributed by atoms with Gasteiger partial charge in [0.1, 0.15) is 5.58 Å². The highest BCUT2D eigenvalue weighted by Crippen LogP contribution is 2.28. The van der Waals surface area contributed by atoms with Crippen LogP contribution in [0, 0.1) is 27.7 Å². The van der Waals surface area contributed by atoms with E-state index in [0.717, 1.165) is 38.9 Å². The van der Waals surface area contributed by atoms with Crippen LogP contribution in [-0.2, 0) is 16.6 Å². The first-order valence-corrected chi connectivity index (χ1v) is 10.8. The number of sulfonamides is 1. The monoisotopic (exact) mass is 414 g/mol. The second kappa shape index (κ2) is 7.65. The Morgan fingerprint density at radius 3 is 2.31 bits per heavy atom. The van der Waals surface area contributed by atoms with Crippen molar-refractivity contribution in [1.29, 1.82) is 0 Å². The zero-order chi connectivity index (χ0) is 21.5. The van der Waals surface area contributed by atoms with Crippen LogP contribution >= 0.6 is 0 Å². The first-order chi connectivity index (χ1) is 13.5. The molecular formula is C22H26N2O4S. The van der Waals surface area contributed by atoms with Gasteiger partial charge in [-0.25, -0.2) is 17.5 Å². The van der Waals surface area contributed by atoms with Crippen LogP contribution in [0.3, 0.4) is 0 Å². The van der Waals surface area contributed by atoms with Crippen LogP contribution in [0.2, 0.25) is 0 Å². The lowest BCUT2D eigenvalue weighted by Gasteiger charge is -2.17. The molecule has 0 saturated carbocycles. The fourth-order valence-corrected chi connectivity index (χ4v) is 4.24. The molecule has 29 heavy (non-hydrogen) atoms. The number of aryl methyl sites for hydroxylation is 3. The van der Waals surface area contributed by atoms with Gasteiger partial charge < -0.3 is 9.73 Å². The highest BCUT2D eigenvalue weighted by atomic mass is 32.2.